The smallest absolute Gasteiger partial charge is 0.261 e. The molecule has 2 aromatic rings. The molecule has 25 heavy (non-hydrogen) atoms. The Morgan fingerprint density at radius 1 is 1.32 bits per heavy atom. The standard InChI is InChI=1S/C16H16FNO2.CH4O3S/c1-20-18-9-13(7-11-5-6-11)16(19)15(10-18)12-3-2-4-14(17)8-12;1-5(2,3)4/h2-4,8-11H,5-7H2,1H3;1H3,(H,2,3,4). The van der Waals surface area contributed by atoms with Gasteiger partial charge in [0.25, 0.3) is 10.1 Å². The maximum Gasteiger partial charge on any atom is 0.261 e. The average Bonchev–Trinajstić information content (AvgIpc) is 3.31. The van der Waals surface area contributed by atoms with Crippen molar-refractivity contribution in [2.45, 2.75) is 19.3 Å². The number of benzene rings is 1. The number of aromatic nitrogens is 1. The zero-order valence-corrected chi connectivity index (χ0v) is 14.8. The maximum absolute atomic E-state index is 13.3. The third-order valence-corrected chi connectivity index (χ3v) is 3.63. The highest BCUT2D eigenvalue weighted by atomic mass is 32.2. The molecule has 3 rings (SSSR count). The van der Waals surface area contributed by atoms with Crippen molar-refractivity contribution in [1.29, 1.82) is 0 Å². The van der Waals surface area contributed by atoms with Crippen molar-refractivity contribution >= 4 is 10.1 Å². The summed E-state index contributed by atoms with van der Waals surface area (Å²) >= 11 is 0. The molecule has 0 amide bonds. The quantitative estimate of drug-likeness (QED) is 0.835. The first-order chi connectivity index (χ1) is 11.7. The van der Waals surface area contributed by atoms with Crippen LogP contribution in [-0.4, -0.2) is 31.1 Å². The van der Waals surface area contributed by atoms with Gasteiger partial charge >= 0.3 is 0 Å². The molecule has 0 saturated heterocycles. The molecule has 1 N–H and O–H groups in total. The molecular formula is C17H20FNO5S. The SMILES string of the molecule is COn1cc(CC2CC2)c(=O)c(-c2cccc(F)c2)c1.CS(=O)(=O)O. The summed E-state index contributed by atoms with van der Waals surface area (Å²) in [5.74, 6) is 0.259. The van der Waals surface area contributed by atoms with E-state index in [-0.39, 0.29) is 11.2 Å². The minimum Gasteiger partial charge on any atom is -0.418 e. The zero-order valence-electron chi connectivity index (χ0n) is 14.0. The molecule has 0 radical (unpaired) electrons. The maximum atomic E-state index is 13.3. The van der Waals surface area contributed by atoms with Gasteiger partial charge in [0.2, 0.25) is 0 Å². The van der Waals surface area contributed by atoms with Crippen molar-refractivity contribution in [1.82, 2.24) is 4.73 Å². The predicted octanol–water partition coefficient (Wildman–Crippen LogP) is 2.17. The van der Waals surface area contributed by atoms with Crippen LogP contribution in [0.5, 0.6) is 0 Å². The van der Waals surface area contributed by atoms with Crippen molar-refractivity contribution in [3.05, 3.63) is 58.3 Å². The summed E-state index contributed by atoms with van der Waals surface area (Å²) in [6.45, 7) is 0. The van der Waals surface area contributed by atoms with Gasteiger partial charge in [0, 0.05) is 11.1 Å². The molecule has 1 aliphatic carbocycles. The summed E-state index contributed by atoms with van der Waals surface area (Å²) in [7, 11) is -2.12. The molecule has 136 valence electrons. The van der Waals surface area contributed by atoms with Gasteiger partial charge in [-0.3, -0.25) is 9.35 Å². The van der Waals surface area contributed by atoms with Gasteiger partial charge in [-0.1, -0.05) is 12.1 Å². The molecule has 0 aliphatic heterocycles. The molecule has 0 atom stereocenters. The van der Waals surface area contributed by atoms with Crippen LogP contribution in [0.1, 0.15) is 18.4 Å². The van der Waals surface area contributed by atoms with Gasteiger partial charge < -0.3 is 4.84 Å². The summed E-state index contributed by atoms with van der Waals surface area (Å²) in [5.41, 5.74) is 1.76. The number of pyridine rings is 1. The lowest BCUT2D eigenvalue weighted by Crippen LogP contribution is -2.18. The Hall–Kier alpha value is -2.19. The molecule has 1 heterocycles. The van der Waals surface area contributed by atoms with Gasteiger partial charge in [0.1, 0.15) is 12.9 Å². The summed E-state index contributed by atoms with van der Waals surface area (Å²) in [4.78, 5) is 17.7. The Morgan fingerprint density at radius 3 is 2.48 bits per heavy atom. The lowest BCUT2D eigenvalue weighted by atomic mass is 10.0. The molecular weight excluding hydrogens is 349 g/mol. The molecule has 0 unspecified atom stereocenters. The van der Waals surface area contributed by atoms with Crippen LogP contribution < -0.4 is 10.3 Å². The van der Waals surface area contributed by atoms with Crippen molar-refractivity contribution < 1.29 is 22.2 Å². The first-order valence-electron chi connectivity index (χ1n) is 7.65. The minimum atomic E-state index is -3.67. The van der Waals surface area contributed by atoms with Gasteiger partial charge in [-0.05, 0) is 42.9 Å². The van der Waals surface area contributed by atoms with E-state index in [0.29, 0.717) is 23.3 Å². The van der Waals surface area contributed by atoms with E-state index in [1.165, 1.54) is 29.7 Å². The van der Waals surface area contributed by atoms with Crippen LogP contribution in [0.15, 0.2) is 41.5 Å². The number of rotatable bonds is 4. The van der Waals surface area contributed by atoms with Crippen LogP contribution in [-0.2, 0) is 16.5 Å². The monoisotopic (exact) mass is 369 g/mol. The van der Waals surface area contributed by atoms with Gasteiger partial charge in [-0.2, -0.15) is 13.1 Å². The number of hydrogen-bond donors (Lipinski definition) is 1. The molecule has 1 saturated carbocycles. The van der Waals surface area contributed by atoms with E-state index in [2.05, 4.69) is 0 Å². The highest BCUT2D eigenvalue weighted by Gasteiger charge is 2.24. The van der Waals surface area contributed by atoms with Gasteiger partial charge in [-0.25, -0.2) is 4.39 Å². The molecule has 1 aromatic carbocycles. The lowest BCUT2D eigenvalue weighted by Gasteiger charge is -2.10. The summed E-state index contributed by atoms with van der Waals surface area (Å²) in [5, 5.41) is 0. The summed E-state index contributed by atoms with van der Waals surface area (Å²) < 4.78 is 40.7. The van der Waals surface area contributed by atoms with E-state index in [1.54, 1.807) is 31.6 Å². The number of hydrogen-bond acceptors (Lipinski definition) is 4. The average molecular weight is 369 g/mol. The van der Waals surface area contributed by atoms with Crippen molar-refractivity contribution in [3.63, 3.8) is 0 Å². The van der Waals surface area contributed by atoms with Gasteiger partial charge in [0.15, 0.2) is 5.43 Å². The fourth-order valence-electron chi connectivity index (χ4n) is 2.35. The fraction of sp³-hybridized carbons (Fsp3) is 0.353. The lowest BCUT2D eigenvalue weighted by molar-refractivity contribution is 0.165. The fourth-order valence-corrected chi connectivity index (χ4v) is 2.35. The highest BCUT2D eigenvalue weighted by Crippen LogP contribution is 2.32. The molecule has 0 bridgehead atoms. The minimum absolute atomic E-state index is 0.0317. The molecule has 0 spiro atoms. The number of nitrogens with zero attached hydrogens (tertiary/aromatic N) is 1. The second-order valence-electron chi connectivity index (χ2n) is 5.96. The Morgan fingerprint density at radius 2 is 1.96 bits per heavy atom. The van der Waals surface area contributed by atoms with Crippen LogP contribution >= 0.6 is 0 Å². The summed E-state index contributed by atoms with van der Waals surface area (Å²) in [6.07, 6.45) is 7.17. The van der Waals surface area contributed by atoms with E-state index in [4.69, 9.17) is 9.39 Å². The van der Waals surface area contributed by atoms with Crippen LogP contribution in [0.4, 0.5) is 4.39 Å². The van der Waals surface area contributed by atoms with Gasteiger partial charge in [-0.15, -0.1) is 0 Å². The second-order valence-corrected chi connectivity index (χ2v) is 7.43. The van der Waals surface area contributed by atoms with Crippen LogP contribution in [0.2, 0.25) is 0 Å². The van der Waals surface area contributed by atoms with E-state index < -0.39 is 10.1 Å². The highest BCUT2D eigenvalue weighted by molar-refractivity contribution is 7.85. The van der Waals surface area contributed by atoms with E-state index in [0.717, 1.165) is 12.0 Å². The zero-order chi connectivity index (χ0) is 18.6. The van der Waals surface area contributed by atoms with E-state index >= 15 is 0 Å². The molecule has 1 aromatic heterocycles. The van der Waals surface area contributed by atoms with Crippen molar-refractivity contribution in [2.24, 2.45) is 5.92 Å². The third kappa shape index (κ3) is 6.32. The van der Waals surface area contributed by atoms with Crippen LogP contribution in [0, 0.1) is 11.7 Å². The van der Waals surface area contributed by atoms with Crippen LogP contribution in [0.25, 0.3) is 11.1 Å². The van der Waals surface area contributed by atoms with Crippen molar-refractivity contribution in [2.75, 3.05) is 13.4 Å². The topological polar surface area (TPSA) is 85.6 Å². The second kappa shape index (κ2) is 7.79. The summed E-state index contributed by atoms with van der Waals surface area (Å²) in [6, 6.07) is 6.08. The third-order valence-electron chi connectivity index (χ3n) is 3.63. The van der Waals surface area contributed by atoms with Crippen molar-refractivity contribution in [3.8, 4) is 11.1 Å². The molecule has 6 nitrogen and oxygen atoms in total. The number of halogens is 1. The molecule has 1 fully saturated rings. The molecule has 1 aliphatic rings. The van der Waals surface area contributed by atoms with E-state index in [9.17, 15) is 17.6 Å². The van der Waals surface area contributed by atoms with E-state index in [1.807, 2.05) is 0 Å². The Balaban J connectivity index is 0.000000399. The van der Waals surface area contributed by atoms with Crippen LogP contribution in [0.3, 0.4) is 0 Å². The Kier molecular flexibility index (Phi) is 5.97. The first kappa shape index (κ1) is 19.1. The largest absolute Gasteiger partial charge is 0.418 e. The first-order valence-corrected chi connectivity index (χ1v) is 9.50. The molecule has 8 heteroatoms. The predicted molar refractivity (Wildman–Crippen MR) is 92.5 cm³/mol. The van der Waals surface area contributed by atoms with Gasteiger partial charge in [0.05, 0.1) is 18.6 Å². The normalized spacial score (nSPS) is 13.8. The Bertz CT molecular complexity index is 895. The Labute approximate surface area is 145 Å².